The van der Waals surface area contributed by atoms with Crippen LogP contribution in [0.25, 0.3) is 5.83 Å². The van der Waals surface area contributed by atoms with Crippen molar-refractivity contribution in [1.29, 1.82) is 0 Å². The summed E-state index contributed by atoms with van der Waals surface area (Å²) in [6, 6.07) is 1.77. The van der Waals surface area contributed by atoms with Crippen molar-refractivity contribution in [1.82, 2.24) is 0 Å². The fourth-order valence-electron chi connectivity index (χ4n) is 2.69. The van der Waals surface area contributed by atoms with Crippen LogP contribution in [0.4, 0.5) is 43.9 Å². The molecule has 2 nitrogen and oxygen atoms in total. The Labute approximate surface area is 177 Å². The van der Waals surface area contributed by atoms with Crippen LogP contribution in [0.3, 0.4) is 0 Å². The quantitative estimate of drug-likeness (QED) is 0.442. The number of carbonyl (C=O) groups is 1. The first-order valence-corrected chi connectivity index (χ1v) is 8.55. The predicted octanol–water partition coefficient (Wildman–Crippen LogP) is 7.73. The van der Waals surface area contributed by atoms with Gasteiger partial charge in [0, 0.05) is 10.6 Å². The minimum atomic E-state index is -5.35. The van der Waals surface area contributed by atoms with Crippen molar-refractivity contribution in [3.8, 4) is 0 Å². The van der Waals surface area contributed by atoms with Gasteiger partial charge >= 0.3 is 24.5 Å². The zero-order valence-electron chi connectivity index (χ0n) is 15.1. The molecular weight excluding hydrogens is 486 g/mol. The minimum absolute atomic E-state index is 0.0121. The van der Waals surface area contributed by atoms with Crippen molar-refractivity contribution < 1.29 is 53.8 Å². The van der Waals surface area contributed by atoms with Crippen LogP contribution in [0.5, 0.6) is 0 Å². The number of aromatic carboxylic acids is 1. The maximum absolute atomic E-state index is 14.5. The predicted molar refractivity (Wildman–Crippen MR) is 92.7 cm³/mol. The highest BCUT2D eigenvalue weighted by atomic mass is 35.5. The third kappa shape index (κ3) is 5.93. The highest BCUT2D eigenvalue weighted by Gasteiger charge is 2.42. The fraction of sp³-hybridized carbons (Fsp3) is 0.211. The molecule has 13 heteroatoms. The standard InChI is InChI=1S/C19H9ClF10O2/c20-11-4-9(3-10(6-11)17(22,23)24)13(18(25,26)27)7-15(21)8-1-2-12(16(31)32)14(5-8)19(28,29)30/h1-7,13H,(H,31,32)/b15-7-. The lowest BCUT2D eigenvalue weighted by atomic mass is 9.94. The molecule has 32 heavy (non-hydrogen) atoms. The number of carboxylic acids is 1. The van der Waals surface area contributed by atoms with Crippen molar-refractivity contribution in [2.24, 2.45) is 0 Å². The molecule has 1 N–H and O–H groups in total. The number of alkyl halides is 9. The zero-order chi connectivity index (χ0) is 24.6. The summed E-state index contributed by atoms with van der Waals surface area (Å²) in [6.07, 6.45) is -15.9. The van der Waals surface area contributed by atoms with E-state index in [0.29, 0.717) is 24.3 Å². The summed E-state index contributed by atoms with van der Waals surface area (Å²) in [5, 5.41) is 8.08. The topological polar surface area (TPSA) is 37.3 Å². The van der Waals surface area contributed by atoms with Gasteiger partial charge in [-0.3, -0.25) is 0 Å². The van der Waals surface area contributed by atoms with Crippen molar-refractivity contribution >= 4 is 23.4 Å². The first kappa shape index (κ1) is 25.5. The third-order valence-electron chi connectivity index (χ3n) is 4.10. The number of rotatable bonds is 4. The number of allylic oxidation sites excluding steroid dienone is 1. The molecule has 0 heterocycles. The molecule has 1 atom stereocenters. The highest BCUT2D eigenvalue weighted by molar-refractivity contribution is 6.30. The molecule has 0 aliphatic rings. The highest BCUT2D eigenvalue weighted by Crippen LogP contribution is 2.42. The molecule has 0 aliphatic heterocycles. The molecule has 2 aromatic carbocycles. The number of benzene rings is 2. The Morgan fingerprint density at radius 3 is 1.97 bits per heavy atom. The minimum Gasteiger partial charge on any atom is -0.478 e. The molecule has 1 unspecified atom stereocenters. The molecule has 0 fully saturated rings. The van der Waals surface area contributed by atoms with Crippen LogP contribution in [0.1, 0.15) is 38.5 Å². The molecular formula is C19H9ClF10O2. The summed E-state index contributed by atoms with van der Waals surface area (Å²) in [7, 11) is 0. The molecule has 2 rings (SSSR count). The monoisotopic (exact) mass is 494 g/mol. The smallest absolute Gasteiger partial charge is 0.417 e. The average Bonchev–Trinajstić information content (AvgIpc) is 2.62. The molecule has 174 valence electrons. The number of hydrogen-bond acceptors (Lipinski definition) is 1. The second-order valence-corrected chi connectivity index (χ2v) is 6.80. The average molecular weight is 495 g/mol. The van der Waals surface area contributed by atoms with Gasteiger partial charge in [-0.15, -0.1) is 0 Å². The van der Waals surface area contributed by atoms with Crippen LogP contribution >= 0.6 is 11.6 Å². The summed E-state index contributed by atoms with van der Waals surface area (Å²) < 4.78 is 133. The normalized spacial score (nSPS) is 14.4. The van der Waals surface area contributed by atoms with Crippen LogP contribution in [0.2, 0.25) is 5.02 Å². The van der Waals surface area contributed by atoms with E-state index in [1.807, 2.05) is 0 Å². The van der Waals surface area contributed by atoms with E-state index in [1.165, 1.54) is 0 Å². The van der Waals surface area contributed by atoms with Gasteiger partial charge < -0.3 is 5.11 Å². The van der Waals surface area contributed by atoms with Gasteiger partial charge in [0.25, 0.3) is 0 Å². The van der Waals surface area contributed by atoms with E-state index in [2.05, 4.69) is 0 Å². The maximum Gasteiger partial charge on any atom is 0.417 e. The molecule has 0 radical (unpaired) electrons. The Bertz CT molecular complexity index is 1050. The van der Waals surface area contributed by atoms with Gasteiger partial charge in [-0.1, -0.05) is 17.7 Å². The summed E-state index contributed by atoms with van der Waals surface area (Å²) >= 11 is 5.46. The Morgan fingerprint density at radius 2 is 1.50 bits per heavy atom. The van der Waals surface area contributed by atoms with Gasteiger partial charge in [-0.05, 0) is 42.0 Å². The van der Waals surface area contributed by atoms with Gasteiger partial charge in [0.1, 0.15) is 11.7 Å². The van der Waals surface area contributed by atoms with E-state index < -0.39 is 69.1 Å². The molecule has 0 saturated heterocycles. The third-order valence-corrected chi connectivity index (χ3v) is 4.32. The molecule has 0 saturated carbocycles. The van der Waals surface area contributed by atoms with Crippen molar-refractivity contribution in [3.05, 3.63) is 75.3 Å². The largest absolute Gasteiger partial charge is 0.478 e. The summed E-state index contributed by atoms with van der Waals surface area (Å²) in [5.74, 6) is -6.89. The second kappa shape index (κ2) is 8.64. The molecule has 2 aromatic rings. The summed E-state index contributed by atoms with van der Waals surface area (Å²) in [6.45, 7) is 0. The molecule has 0 amide bonds. The van der Waals surface area contributed by atoms with E-state index in [9.17, 15) is 48.7 Å². The van der Waals surface area contributed by atoms with Crippen LogP contribution < -0.4 is 0 Å². The second-order valence-electron chi connectivity index (χ2n) is 6.37. The first-order chi connectivity index (χ1) is 14.4. The van der Waals surface area contributed by atoms with Crippen molar-refractivity contribution in [2.75, 3.05) is 0 Å². The van der Waals surface area contributed by atoms with Gasteiger partial charge in [-0.2, -0.15) is 39.5 Å². The Hall–Kier alpha value is -2.76. The number of carboxylic acid groups (broad SMARTS) is 1. The van der Waals surface area contributed by atoms with E-state index in [1.54, 1.807) is 0 Å². The molecule has 0 aliphatic carbocycles. The van der Waals surface area contributed by atoms with E-state index >= 15 is 0 Å². The maximum atomic E-state index is 14.5. The molecule has 0 aromatic heterocycles. The SMILES string of the molecule is O=C(O)c1ccc(/C(F)=C/C(c2cc(Cl)cc(C(F)(F)F)c2)C(F)(F)F)cc1C(F)(F)F. The zero-order valence-corrected chi connectivity index (χ0v) is 15.9. The lowest BCUT2D eigenvalue weighted by Gasteiger charge is -2.20. The fourth-order valence-corrected chi connectivity index (χ4v) is 2.94. The van der Waals surface area contributed by atoms with Crippen LogP contribution in [-0.4, -0.2) is 17.3 Å². The van der Waals surface area contributed by atoms with Gasteiger partial charge in [-0.25, -0.2) is 9.18 Å². The van der Waals surface area contributed by atoms with Crippen molar-refractivity contribution in [2.45, 2.75) is 24.4 Å². The first-order valence-electron chi connectivity index (χ1n) is 8.18. The lowest BCUT2D eigenvalue weighted by Crippen LogP contribution is -2.20. The molecule has 0 bridgehead atoms. The number of halogens is 11. The summed E-state index contributed by atoms with van der Waals surface area (Å²) in [4.78, 5) is 10.9. The van der Waals surface area contributed by atoms with Crippen LogP contribution in [0, 0.1) is 0 Å². The number of hydrogen-bond donors (Lipinski definition) is 1. The van der Waals surface area contributed by atoms with E-state index in [-0.39, 0.29) is 18.2 Å². The van der Waals surface area contributed by atoms with Crippen LogP contribution in [0.15, 0.2) is 42.5 Å². The molecule has 0 spiro atoms. The van der Waals surface area contributed by atoms with Gasteiger partial charge in [0.2, 0.25) is 0 Å². The van der Waals surface area contributed by atoms with E-state index in [0.717, 1.165) is 0 Å². The van der Waals surface area contributed by atoms with Crippen molar-refractivity contribution in [3.63, 3.8) is 0 Å². The Morgan fingerprint density at radius 1 is 0.906 bits per heavy atom. The lowest BCUT2D eigenvalue weighted by molar-refractivity contribution is -0.142. The summed E-state index contributed by atoms with van der Waals surface area (Å²) in [5.41, 5.74) is -6.81. The van der Waals surface area contributed by atoms with Gasteiger partial charge in [0.05, 0.1) is 16.7 Å². The van der Waals surface area contributed by atoms with E-state index in [4.69, 9.17) is 16.7 Å². The van der Waals surface area contributed by atoms with Crippen LogP contribution in [-0.2, 0) is 12.4 Å². The Balaban J connectivity index is 2.65. The van der Waals surface area contributed by atoms with Gasteiger partial charge in [0.15, 0.2) is 0 Å². The Kier molecular flexibility index (Phi) is 6.89.